The van der Waals surface area contributed by atoms with E-state index in [1.165, 1.54) is 0 Å². The van der Waals surface area contributed by atoms with Gasteiger partial charge in [-0.3, -0.25) is 4.79 Å². The summed E-state index contributed by atoms with van der Waals surface area (Å²) in [5.74, 6) is 1.30. The number of thioether (sulfide) groups is 1. The van der Waals surface area contributed by atoms with Gasteiger partial charge in [0.2, 0.25) is 5.91 Å². The van der Waals surface area contributed by atoms with Crippen LogP contribution in [0.3, 0.4) is 0 Å². The smallest absolute Gasteiger partial charge is 0.223 e. The first-order valence-corrected chi connectivity index (χ1v) is 7.68. The average molecular weight is 244 g/mol. The zero-order chi connectivity index (χ0) is 11.8. The minimum atomic E-state index is 0.350. The van der Waals surface area contributed by atoms with E-state index >= 15 is 0 Å². The van der Waals surface area contributed by atoms with Gasteiger partial charge in [0.25, 0.3) is 0 Å². The highest BCUT2D eigenvalue weighted by Crippen LogP contribution is 2.14. The number of nitrogens with zero attached hydrogens (tertiary/aromatic N) is 1. The molecule has 1 rings (SSSR count). The van der Waals surface area contributed by atoms with Crippen LogP contribution in [-0.2, 0) is 4.79 Å². The van der Waals surface area contributed by atoms with E-state index in [1.54, 1.807) is 11.8 Å². The van der Waals surface area contributed by atoms with Crippen LogP contribution in [-0.4, -0.2) is 48.5 Å². The molecule has 0 spiro atoms. The summed E-state index contributed by atoms with van der Waals surface area (Å²) in [5.41, 5.74) is 0. The summed E-state index contributed by atoms with van der Waals surface area (Å²) in [5, 5.41) is 3.35. The van der Waals surface area contributed by atoms with E-state index in [0.717, 1.165) is 44.6 Å². The number of piperidine rings is 1. The lowest BCUT2D eigenvalue weighted by Gasteiger charge is -2.34. The molecule has 0 aromatic heterocycles. The first-order chi connectivity index (χ1) is 7.79. The van der Waals surface area contributed by atoms with E-state index in [-0.39, 0.29) is 0 Å². The van der Waals surface area contributed by atoms with Crippen molar-refractivity contribution in [3.05, 3.63) is 0 Å². The largest absolute Gasteiger partial charge is 0.340 e. The standard InChI is InChI=1S/C12H24N2OS/c1-3-9-14(12(15)6-10-16-2)11-4-7-13-8-5-11/h11,13H,3-10H2,1-2H3. The minimum absolute atomic E-state index is 0.350. The third-order valence-electron chi connectivity index (χ3n) is 3.05. The molecule has 0 radical (unpaired) electrons. The second kappa shape index (κ2) is 7.96. The maximum absolute atomic E-state index is 12.1. The van der Waals surface area contributed by atoms with Crippen LogP contribution in [0.5, 0.6) is 0 Å². The van der Waals surface area contributed by atoms with Gasteiger partial charge in [0, 0.05) is 24.8 Å². The maximum atomic E-state index is 12.1. The first-order valence-electron chi connectivity index (χ1n) is 6.28. The van der Waals surface area contributed by atoms with E-state index in [0.29, 0.717) is 18.4 Å². The molecule has 3 nitrogen and oxygen atoms in total. The number of amides is 1. The van der Waals surface area contributed by atoms with Crippen molar-refractivity contribution < 1.29 is 4.79 Å². The molecule has 0 aliphatic carbocycles. The lowest BCUT2D eigenvalue weighted by Crippen LogP contribution is -2.46. The van der Waals surface area contributed by atoms with Gasteiger partial charge in [-0.25, -0.2) is 0 Å². The molecule has 0 unspecified atom stereocenters. The fourth-order valence-electron chi connectivity index (χ4n) is 2.20. The van der Waals surface area contributed by atoms with Gasteiger partial charge in [-0.1, -0.05) is 6.92 Å². The van der Waals surface area contributed by atoms with E-state index in [4.69, 9.17) is 0 Å². The number of carbonyl (C=O) groups is 1. The first kappa shape index (κ1) is 13.8. The quantitative estimate of drug-likeness (QED) is 0.772. The highest BCUT2D eigenvalue weighted by Gasteiger charge is 2.23. The van der Waals surface area contributed by atoms with E-state index in [2.05, 4.69) is 23.4 Å². The Bertz CT molecular complexity index is 205. The Morgan fingerprint density at radius 1 is 1.44 bits per heavy atom. The molecule has 0 aromatic carbocycles. The second-order valence-electron chi connectivity index (χ2n) is 4.31. The zero-order valence-electron chi connectivity index (χ0n) is 10.5. The fourth-order valence-corrected chi connectivity index (χ4v) is 2.58. The Balaban J connectivity index is 2.47. The lowest BCUT2D eigenvalue weighted by atomic mass is 10.0. The van der Waals surface area contributed by atoms with Gasteiger partial charge in [-0.15, -0.1) is 0 Å². The number of nitrogens with one attached hydrogen (secondary N) is 1. The molecule has 1 saturated heterocycles. The Labute approximate surface area is 103 Å². The molecule has 1 fully saturated rings. The Hall–Kier alpha value is -0.220. The van der Waals surface area contributed by atoms with Gasteiger partial charge in [0.1, 0.15) is 0 Å². The monoisotopic (exact) mass is 244 g/mol. The van der Waals surface area contributed by atoms with Crippen LogP contribution in [0.1, 0.15) is 32.6 Å². The topological polar surface area (TPSA) is 32.3 Å². The van der Waals surface area contributed by atoms with Crippen molar-refractivity contribution in [2.45, 2.75) is 38.6 Å². The SMILES string of the molecule is CCCN(C(=O)CCSC)C1CCNCC1. The molecule has 0 aromatic rings. The van der Waals surface area contributed by atoms with Crippen molar-refractivity contribution in [1.29, 1.82) is 0 Å². The van der Waals surface area contributed by atoms with Crippen molar-refractivity contribution in [3.8, 4) is 0 Å². The highest BCUT2D eigenvalue weighted by atomic mass is 32.2. The molecule has 1 amide bonds. The highest BCUT2D eigenvalue weighted by molar-refractivity contribution is 7.98. The second-order valence-corrected chi connectivity index (χ2v) is 5.30. The summed E-state index contributed by atoms with van der Waals surface area (Å²) in [4.78, 5) is 14.2. The van der Waals surface area contributed by atoms with Crippen LogP contribution in [0.4, 0.5) is 0 Å². The summed E-state index contributed by atoms with van der Waals surface area (Å²) in [6, 6.07) is 0.482. The van der Waals surface area contributed by atoms with Crippen molar-refractivity contribution in [3.63, 3.8) is 0 Å². The minimum Gasteiger partial charge on any atom is -0.340 e. The summed E-state index contributed by atoms with van der Waals surface area (Å²) >= 11 is 1.75. The van der Waals surface area contributed by atoms with E-state index in [1.807, 2.05) is 0 Å². The van der Waals surface area contributed by atoms with Gasteiger partial charge in [-0.2, -0.15) is 11.8 Å². The maximum Gasteiger partial charge on any atom is 0.223 e. The number of hydrogen-bond acceptors (Lipinski definition) is 3. The van der Waals surface area contributed by atoms with E-state index < -0.39 is 0 Å². The molecule has 0 bridgehead atoms. The van der Waals surface area contributed by atoms with Crippen LogP contribution in [0.15, 0.2) is 0 Å². The molecule has 16 heavy (non-hydrogen) atoms. The van der Waals surface area contributed by atoms with Crippen LogP contribution in [0, 0.1) is 0 Å². The predicted octanol–water partition coefficient (Wildman–Crippen LogP) is 1.73. The molecular formula is C12H24N2OS. The van der Waals surface area contributed by atoms with Gasteiger partial charge < -0.3 is 10.2 Å². The van der Waals surface area contributed by atoms with Crippen molar-refractivity contribution >= 4 is 17.7 Å². The van der Waals surface area contributed by atoms with Crippen molar-refractivity contribution in [2.75, 3.05) is 31.6 Å². The molecule has 0 atom stereocenters. The summed E-state index contributed by atoms with van der Waals surface area (Å²) in [7, 11) is 0. The molecule has 1 heterocycles. The number of carbonyl (C=O) groups excluding carboxylic acids is 1. The normalized spacial score (nSPS) is 17.4. The molecule has 1 aliphatic rings. The van der Waals surface area contributed by atoms with Gasteiger partial charge in [0.05, 0.1) is 0 Å². The molecular weight excluding hydrogens is 220 g/mol. The van der Waals surface area contributed by atoms with Crippen LogP contribution >= 0.6 is 11.8 Å². The van der Waals surface area contributed by atoms with Crippen LogP contribution < -0.4 is 5.32 Å². The Morgan fingerprint density at radius 2 is 2.12 bits per heavy atom. The predicted molar refractivity (Wildman–Crippen MR) is 70.9 cm³/mol. The average Bonchev–Trinajstić information content (AvgIpc) is 2.34. The molecule has 4 heteroatoms. The molecule has 94 valence electrons. The third-order valence-corrected chi connectivity index (χ3v) is 3.67. The van der Waals surface area contributed by atoms with Crippen LogP contribution in [0.2, 0.25) is 0 Å². The van der Waals surface area contributed by atoms with Gasteiger partial charge >= 0.3 is 0 Å². The van der Waals surface area contributed by atoms with E-state index in [9.17, 15) is 4.79 Å². The summed E-state index contributed by atoms with van der Waals surface area (Å²) < 4.78 is 0. The van der Waals surface area contributed by atoms with Gasteiger partial charge in [0.15, 0.2) is 0 Å². The summed E-state index contributed by atoms with van der Waals surface area (Å²) in [6.45, 7) is 5.19. The molecule has 1 N–H and O–H groups in total. The van der Waals surface area contributed by atoms with Crippen molar-refractivity contribution in [1.82, 2.24) is 10.2 Å². The zero-order valence-corrected chi connectivity index (χ0v) is 11.3. The van der Waals surface area contributed by atoms with Crippen molar-refractivity contribution in [2.24, 2.45) is 0 Å². The number of rotatable bonds is 6. The van der Waals surface area contributed by atoms with Crippen LogP contribution in [0.25, 0.3) is 0 Å². The Morgan fingerprint density at radius 3 is 2.69 bits per heavy atom. The number of hydrogen-bond donors (Lipinski definition) is 1. The Kier molecular flexibility index (Phi) is 6.88. The molecule has 1 aliphatic heterocycles. The summed E-state index contributed by atoms with van der Waals surface area (Å²) in [6.07, 6.45) is 6.05. The lowest BCUT2D eigenvalue weighted by molar-refractivity contribution is -0.133. The fraction of sp³-hybridized carbons (Fsp3) is 0.917. The molecule has 0 saturated carbocycles. The third kappa shape index (κ3) is 4.34. The van der Waals surface area contributed by atoms with Gasteiger partial charge in [-0.05, 0) is 38.6 Å².